The lowest BCUT2D eigenvalue weighted by atomic mass is 10.0. The molecule has 1 unspecified atom stereocenters. The van der Waals surface area contributed by atoms with E-state index in [9.17, 15) is 9.90 Å². The number of hydrogen-bond donors (Lipinski definition) is 2. The van der Waals surface area contributed by atoms with E-state index in [0.29, 0.717) is 18.2 Å². The lowest BCUT2D eigenvalue weighted by molar-refractivity contribution is 0.187. The minimum Gasteiger partial charge on any atom is -0.465 e. The number of hydrogen-bond acceptors (Lipinski definition) is 5. The summed E-state index contributed by atoms with van der Waals surface area (Å²) < 4.78 is 0. The van der Waals surface area contributed by atoms with Gasteiger partial charge in [0.1, 0.15) is 5.82 Å². The number of carbonyl (C=O) groups is 1. The number of nitrogens with zero attached hydrogens (tertiary/aromatic N) is 4. The predicted molar refractivity (Wildman–Crippen MR) is 113 cm³/mol. The molecule has 1 saturated heterocycles. The summed E-state index contributed by atoms with van der Waals surface area (Å²) in [5, 5.41) is 12.9. The van der Waals surface area contributed by atoms with Crippen molar-refractivity contribution in [2.75, 3.05) is 18.0 Å². The second-order valence-electron chi connectivity index (χ2n) is 7.85. The summed E-state index contributed by atoms with van der Waals surface area (Å²) in [7, 11) is 0. The molecule has 2 aromatic heterocycles. The number of benzene rings is 1. The maximum absolute atomic E-state index is 11.3. The number of aromatic nitrogens is 3. The summed E-state index contributed by atoms with van der Waals surface area (Å²) >= 11 is 0. The molecule has 29 heavy (non-hydrogen) atoms. The molecule has 0 bridgehead atoms. The second kappa shape index (κ2) is 8.03. The van der Waals surface area contributed by atoms with Gasteiger partial charge in [-0.1, -0.05) is 19.9 Å². The summed E-state index contributed by atoms with van der Waals surface area (Å²) in [6, 6.07) is 9.68. The summed E-state index contributed by atoms with van der Waals surface area (Å²) in [5.74, 6) is 1.73. The van der Waals surface area contributed by atoms with Crippen molar-refractivity contribution in [2.24, 2.45) is 5.92 Å². The summed E-state index contributed by atoms with van der Waals surface area (Å²) in [5.41, 5.74) is 3.00. The largest absolute Gasteiger partial charge is 0.465 e. The SMILES string of the molecule is CC(C)CC(NC(=O)O)c1nc(N2CCC2)c2cc(-c3ccncc3)ccc2n1. The molecule has 0 aliphatic carbocycles. The number of pyridine rings is 1. The van der Waals surface area contributed by atoms with Crippen molar-refractivity contribution in [3.63, 3.8) is 0 Å². The maximum atomic E-state index is 11.3. The average molecular weight is 391 g/mol. The van der Waals surface area contributed by atoms with Crippen molar-refractivity contribution < 1.29 is 9.90 Å². The van der Waals surface area contributed by atoms with Gasteiger partial charge in [0.05, 0.1) is 11.6 Å². The van der Waals surface area contributed by atoms with E-state index in [2.05, 4.69) is 35.1 Å². The zero-order valence-electron chi connectivity index (χ0n) is 16.7. The third-order valence-electron chi connectivity index (χ3n) is 5.18. The first kappa shape index (κ1) is 19.1. The van der Waals surface area contributed by atoms with Gasteiger partial charge >= 0.3 is 6.09 Å². The van der Waals surface area contributed by atoms with Crippen LogP contribution in [-0.4, -0.2) is 39.2 Å². The summed E-state index contributed by atoms with van der Waals surface area (Å²) in [6.07, 6.45) is 4.28. The number of rotatable bonds is 6. The van der Waals surface area contributed by atoms with E-state index < -0.39 is 12.1 Å². The number of amides is 1. The Morgan fingerprint density at radius 1 is 1.14 bits per heavy atom. The Bertz CT molecular complexity index is 1020. The molecule has 2 N–H and O–H groups in total. The monoisotopic (exact) mass is 391 g/mol. The van der Waals surface area contributed by atoms with Crippen LogP contribution in [0.15, 0.2) is 42.7 Å². The molecule has 7 nitrogen and oxygen atoms in total. The van der Waals surface area contributed by atoms with Crippen LogP contribution in [0.1, 0.15) is 38.6 Å². The Morgan fingerprint density at radius 3 is 2.52 bits per heavy atom. The first-order valence-electron chi connectivity index (χ1n) is 9.98. The van der Waals surface area contributed by atoms with Gasteiger partial charge in [-0.15, -0.1) is 0 Å². The van der Waals surface area contributed by atoms with Crippen molar-refractivity contribution in [2.45, 2.75) is 32.7 Å². The molecular formula is C22H25N5O2. The smallest absolute Gasteiger partial charge is 0.405 e. The van der Waals surface area contributed by atoms with E-state index in [1.165, 1.54) is 0 Å². The molecule has 0 radical (unpaired) electrons. The molecule has 1 aliphatic rings. The zero-order chi connectivity index (χ0) is 20.4. The zero-order valence-corrected chi connectivity index (χ0v) is 16.7. The molecule has 3 aromatic rings. The average Bonchev–Trinajstić information content (AvgIpc) is 2.65. The highest BCUT2D eigenvalue weighted by atomic mass is 16.4. The molecule has 1 aliphatic heterocycles. The van der Waals surface area contributed by atoms with Crippen LogP contribution in [0.3, 0.4) is 0 Å². The van der Waals surface area contributed by atoms with E-state index in [0.717, 1.165) is 47.4 Å². The van der Waals surface area contributed by atoms with Gasteiger partial charge in [-0.05, 0) is 54.2 Å². The van der Waals surface area contributed by atoms with Crippen LogP contribution in [0.4, 0.5) is 10.6 Å². The van der Waals surface area contributed by atoms with Crippen molar-refractivity contribution >= 4 is 22.8 Å². The Balaban J connectivity index is 1.82. The van der Waals surface area contributed by atoms with Gasteiger partial charge in [0.15, 0.2) is 5.82 Å². The van der Waals surface area contributed by atoms with Gasteiger partial charge in [-0.2, -0.15) is 0 Å². The highest BCUT2D eigenvalue weighted by Crippen LogP contribution is 2.33. The Morgan fingerprint density at radius 2 is 1.90 bits per heavy atom. The van der Waals surface area contributed by atoms with Gasteiger partial charge in [0, 0.05) is 30.9 Å². The summed E-state index contributed by atoms with van der Waals surface area (Å²) in [4.78, 5) is 27.2. The number of nitrogens with one attached hydrogen (secondary N) is 1. The lowest BCUT2D eigenvalue weighted by Crippen LogP contribution is -2.38. The second-order valence-corrected chi connectivity index (χ2v) is 7.85. The van der Waals surface area contributed by atoms with Crippen LogP contribution in [0.25, 0.3) is 22.0 Å². The quantitative estimate of drug-likeness (QED) is 0.652. The Kier molecular flexibility index (Phi) is 5.29. The number of carboxylic acid groups (broad SMARTS) is 1. The van der Waals surface area contributed by atoms with Crippen LogP contribution >= 0.6 is 0 Å². The fraction of sp³-hybridized carbons (Fsp3) is 0.364. The molecule has 150 valence electrons. The first-order valence-corrected chi connectivity index (χ1v) is 9.98. The molecule has 1 aromatic carbocycles. The van der Waals surface area contributed by atoms with Crippen LogP contribution in [0.2, 0.25) is 0 Å². The molecule has 1 fully saturated rings. The van der Waals surface area contributed by atoms with Crippen LogP contribution in [0.5, 0.6) is 0 Å². The standard InChI is InChI=1S/C22H25N5O2/c1-14(2)12-19(25-22(28)29)20-24-18-5-4-16(15-6-8-23-9-7-15)13-17(18)21(26-20)27-10-3-11-27/h4-9,13-14,19,25H,3,10-12H2,1-2H3,(H,28,29). The number of fused-ring (bicyclic) bond motifs is 1. The van der Waals surface area contributed by atoms with Gasteiger partial charge < -0.3 is 15.3 Å². The third kappa shape index (κ3) is 4.13. The minimum atomic E-state index is -1.06. The molecule has 3 heterocycles. The van der Waals surface area contributed by atoms with Gasteiger partial charge in [0.2, 0.25) is 0 Å². The van der Waals surface area contributed by atoms with E-state index in [-0.39, 0.29) is 0 Å². The topological polar surface area (TPSA) is 91.2 Å². The molecular weight excluding hydrogens is 366 g/mol. The van der Waals surface area contributed by atoms with Gasteiger partial charge in [-0.3, -0.25) is 4.98 Å². The fourth-order valence-corrected chi connectivity index (χ4v) is 3.63. The summed E-state index contributed by atoms with van der Waals surface area (Å²) in [6.45, 7) is 6.03. The molecule has 7 heteroatoms. The van der Waals surface area contributed by atoms with E-state index in [1.54, 1.807) is 12.4 Å². The van der Waals surface area contributed by atoms with Crippen LogP contribution in [-0.2, 0) is 0 Å². The van der Waals surface area contributed by atoms with Crippen LogP contribution in [0, 0.1) is 5.92 Å². The molecule has 4 rings (SSSR count). The number of anilines is 1. The molecule has 0 spiro atoms. The van der Waals surface area contributed by atoms with E-state index in [4.69, 9.17) is 9.97 Å². The van der Waals surface area contributed by atoms with Crippen molar-refractivity contribution in [1.29, 1.82) is 0 Å². The fourth-order valence-electron chi connectivity index (χ4n) is 3.63. The Hall–Kier alpha value is -3.22. The highest BCUT2D eigenvalue weighted by Gasteiger charge is 2.24. The third-order valence-corrected chi connectivity index (χ3v) is 5.18. The van der Waals surface area contributed by atoms with Gasteiger partial charge in [0.25, 0.3) is 0 Å². The Labute approximate surface area is 169 Å². The van der Waals surface area contributed by atoms with Crippen molar-refractivity contribution in [1.82, 2.24) is 20.3 Å². The lowest BCUT2D eigenvalue weighted by Gasteiger charge is -2.33. The first-order chi connectivity index (χ1) is 14.0. The molecule has 1 amide bonds. The van der Waals surface area contributed by atoms with Crippen molar-refractivity contribution in [3.05, 3.63) is 48.5 Å². The van der Waals surface area contributed by atoms with E-state index in [1.807, 2.05) is 24.3 Å². The van der Waals surface area contributed by atoms with E-state index >= 15 is 0 Å². The normalized spacial score (nSPS) is 14.7. The highest BCUT2D eigenvalue weighted by molar-refractivity contribution is 5.93. The molecule has 1 atom stereocenters. The maximum Gasteiger partial charge on any atom is 0.405 e. The van der Waals surface area contributed by atoms with Gasteiger partial charge in [-0.25, -0.2) is 14.8 Å². The molecule has 0 saturated carbocycles. The van der Waals surface area contributed by atoms with Crippen molar-refractivity contribution in [3.8, 4) is 11.1 Å². The van der Waals surface area contributed by atoms with Crippen LogP contribution < -0.4 is 10.2 Å². The predicted octanol–water partition coefficient (Wildman–Crippen LogP) is 4.26. The minimum absolute atomic E-state index is 0.313.